The Balaban J connectivity index is 1.07. The van der Waals surface area contributed by atoms with Gasteiger partial charge in [-0.25, -0.2) is 0 Å². The lowest BCUT2D eigenvalue weighted by Gasteiger charge is -2.32. The molecule has 0 aliphatic heterocycles. The topological polar surface area (TPSA) is 8.17 Å². The number of benzene rings is 9. The Morgan fingerprint density at radius 1 is 0.462 bits per heavy atom. The number of para-hydroxylation sites is 2. The van der Waals surface area contributed by atoms with Gasteiger partial charge in [-0.15, -0.1) is 11.3 Å². The van der Waals surface area contributed by atoms with E-state index in [9.17, 15) is 0 Å². The minimum atomic E-state index is -0.522. The highest BCUT2D eigenvalue weighted by molar-refractivity contribution is 7.26. The van der Waals surface area contributed by atoms with Crippen molar-refractivity contribution in [3.8, 4) is 27.9 Å². The van der Waals surface area contributed by atoms with Crippen molar-refractivity contribution in [2.45, 2.75) is 12.3 Å². The number of aromatic nitrogens is 1. The first-order valence-corrected chi connectivity index (χ1v) is 23.2. The van der Waals surface area contributed by atoms with Crippen molar-refractivity contribution in [2.75, 3.05) is 4.90 Å². The zero-order valence-corrected chi connectivity index (χ0v) is 36.6. The van der Waals surface area contributed by atoms with Crippen LogP contribution in [0.3, 0.4) is 0 Å². The first kappa shape index (κ1) is 37.6. The van der Waals surface area contributed by atoms with Crippen molar-refractivity contribution in [2.24, 2.45) is 0 Å². The zero-order valence-electron chi connectivity index (χ0n) is 35.8. The quantitative estimate of drug-likeness (QED) is 0.168. The molecule has 0 fully saturated rings. The number of thiophene rings is 1. The Bertz CT molecular complexity index is 3690. The van der Waals surface area contributed by atoms with Crippen LogP contribution < -0.4 is 4.90 Å². The molecule has 0 saturated carbocycles. The SMILES string of the molecule is C\C1=C/C=C(N(c2ccc(-c3ccccc3)cc2)c2cccc3c2sc2cccc(-n4c5ccccc5c5ccccc54)c23)\C=C\C2(c3ccccc31)c1ccccc1-c1ccccc12. The fraction of sp³-hybridized carbons (Fsp3) is 0.0323. The first-order valence-electron chi connectivity index (χ1n) is 22.4. The van der Waals surface area contributed by atoms with Crippen LogP contribution in [0.2, 0.25) is 0 Å². The standard InChI is InChI=1S/C62H42N2S/c1-41-33-36-45(39-40-62(52-25-10-5-19-46(41)52)53-26-11-6-20-47(53)48-21-7-12-27-54(48)62)63(44-37-34-43(35-38-44)42-17-3-2-4-18-42)58-31-15-24-51-60-57(30-16-32-59(60)65-61(51)58)64-55-28-13-8-22-49(55)50-23-9-14-29-56(50)64/h2-40H,1H3/b40-39+,41-33+,45-36+. The molecule has 1 spiro atoms. The second-order valence-corrected chi connectivity index (χ2v) is 18.3. The maximum atomic E-state index is 2.49. The van der Waals surface area contributed by atoms with Gasteiger partial charge in [-0.2, -0.15) is 0 Å². The summed E-state index contributed by atoms with van der Waals surface area (Å²) in [5.41, 5.74) is 17.8. The van der Waals surface area contributed by atoms with Crippen molar-refractivity contribution in [1.82, 2.24) is 4.57 Å². The minimum absolute atomic E-state index is 0.522. The summed E-state index contributed by atoms with van der Waals surface area (Å²) in [7, 11) is 0. The summed E-state index contributed by atoms with van der Waals surface area (Å²) < 4.78 is 4.97. The Labute approximate surface area is 382 Å². The van der Waals surface area contributed by atoms with Crippen LogP contribution in [0.5, 0.6) is 0 Å². The summed E-state index contributed by atoms with van der Waals surface area (Å²) in [5.74, 6) is 0. The van der Waals surface area contributed by atoms with Gasteiger partial charge in [0, 0.05) is 37.6 Å². The largest absolute Gasteiger partial charge is 0.309 e. The molecule has 0 radical (unpaired) electrons. The third-order valence-electron chi connectivity index (χ3n) is 13.8. The Morgan fingerprint density at radius 2 is 1.02 bits per heavy atom. The maximum Gasteiger partial charge on any atom is 0.0653 e. The minimum Gasteiger partial charge on any atom is -0.309 e. The molecule has 13 rings (SSSR count). The summed E-state index contributed by atoms with van der Waals surface area (Å²) in [5, 5.41) is 5.04. The second kappa shape index (κ2) is 14.8. The van der Waals surface area contributed by atoms with Gasteiger partial charge in [-0.3, -0.25) is 0 Å². The molecule has 2 aliphatic rings. The van der Waals surface area contributed by atoms with Crippen molar-refractivity contribution in [3.05, 3.63) is 265 Å². The lowest BCUT2D eigenvalue weighted by molar-refractivity contribution is 0.799. The lowest BCUT2D eigenvalue weighted by Crippen LogP contribution is -2.26. The molecule has 0 atom stereocenters. The van der Waals surface area contributed by atoms with Crippen LogP contribution in [0.15, 0.2) is 242 Å². The Morgan fingerprint density at radius 3 is 1.71 bits per heavy atom. The summed E-state index contributed by atoms with van der Waals surface area (Å²) >= 11 is 1.88. The van der Waals surface area contributed by atoms with E-state index in [0.29, 0.717) is 0 Å². The zero-order chi connectivity index (χ0) is 43.1. The summed E-state index contributed by atoms with van der Waals surface area (Å²) in [6.07, 6.45) is 9.54. The van der Waals surface area contributed by atoms with Gasteiger partial charge in [0.25, 0.3) is 0 Å². The predicted octanol–water partition coefficient (Wildman–Crippen LogP) is 16.8. The number of hydrogen-bond donors (Lipinski definition) is 0. The number of hydrogen-bond acceptors (Lipinski definition) is 2. The van der Waals surface area contributed by atoms with Gasteiger partial charge in [0.1, 0.15) is 0 Å². The number of allylic oxidation sites excluding steroid dienone is 5. The second-order valence-electron chi connectivity index (χ2n) is 17.2. The fourth-order valence-corrected chi connectivity index (χ4v) is 12.2. The fourth-order valence-electron chi connectivity index (χ4n) is 10.9. The average Bonchev–Trinajstić information content (AvgIpc) is 4.03. The van der Waals surface area contributed by atoms with Crippen LogP contribution in [0.25, 0.3) is 75.5 Å². The van der Waals surface area contributed by atoms with Crippen LogP contribution in [0.4, 0.5) is 11.4 Å². The molecule has 2 nitrogen and oxygen atoms in total. The lowest BCUT2D eigenvalue weighted by atomic mass is 9.70. The normalized spacial score (nSPS) is 16.0. The van der Waals surface area contributed by atoms with Crippen LogP contribution in [-0.4, -0.2) is 4.57 Å². The monoisotopic (exact) mass is 846 g/mol. The molecule has 0 N–H and O–H groups in total. The van der Waals surface area contributed by atoms with E-state index in [0.717, 1.165) is 17.1 Å². The molecule has 0 saturated heterocycles. The molecule has 9 aromatic carbocycles. The molecule has 2 heterocycles. The summed E-state index contributed by atoms with van der Waals surface area (Å²) in [6.45, 7) is 2.26. The van der Waals surface area contributed by atoms with Gasteiger partial charge in [0.05, 0.1) is 32.5 Å². The molecule has 306 valence electrons. The number of anilines is 2. The number of rotatable bonds is 5. The van der Waals surface area contributed by atoms with Crippen LogP contribution in [0.1, 0.15) is 29.2 Å². The van der Waals surface area contributed by atoms with E-state index in [1.54, 1.807) is 0 Å². The van der Waals surface area contributed by atoms with Crippen molar-refractivity contribution >= 4 is 70.3 Å². The first-order chi connectivity index (χ1) is 32.2. The van der Waals surface area contributed by atoms with Gasteiger partial charge >= 0.3 is 0 Å². The van der Waals surface area contributed by atoms with Gasteiger partial charge in [0.2, 0.25) is 0 Å². The van der Waals surface area contributed by atoms with Crippen molar-refractivity contribution < 1.29 is 0 Å². The third-order valence-corrected chi connectivity index (χ3v) is 15.0. The number of fused-ring (bicyclic) bond motifs is 13. The highest BCUT2D eigenvalue weighted by atomic mass is 32.1. The van der Waals surface area contributed by atoms with Crippen LogP contribution >= 0.6 is 11.3 Å². The van der Waals surface area contributed by atoms with Crippen LogP contribution in [0, 0.1) is 0 Å². The molecule has 2 aliphatic carbocycles. The summed E-state index contributed by atoms with van der Waals surface area (Å²) in [4.78, 5) is 2.49. The van der Waals surface area contributed by atoms with E-state index >= 15 is 0 Å². The van der Waals surface area contributed by atoms with Gasteiger partial charge < -0.3 is 9.47 Å². The number of nitrogens with zero attached hydrogens (tertiary/aromatic N) is 2. The van der Waals surface area contributed by atoms with E-state index in [-0.39, 0.29) is 0 Å². The smallest absolute Gasteiger partial charge is 0.0653 e. The summed E-state index contributed by atoms with van der Waals surface area (Å²) in [6, 6.07) is 78.1. The van der Waals surface area contributed by atoms with Gasteiger partial charge in [-0.1, -0.05) is 182 Å². The molecule has 65 heavy (non-hydrogen) atoms. The molecular weight excluding hydrogens is 805 g/mol. The highest BCUT2D eigenvalue weighted by Crippen LogP contribution is 2.55. The van der Waals surface area contributed by atoms with Gasteiger partial charge in [-0.05, 0) is 112 Å². The van der Waals surface area contributed by atoms with E-state index in [1.807, 2.05) is 11.3 Å². The van der Waals surface area contributed by atoms with Crippen molar-refractivity contribution in [3.63, 3.8) is 0 Å². The molecule has 0 bridgehead atoms. The van der Waals surface area contributed by atoms with Gasteiger partial charge in [0.15, 0.2) is 0 Å². The Hall–Kier alpha value is -7.98. The average molecular weight is 847 g/mol. The maximum absolute atomic E-state index is 2.49. The molecule has 0 unspecified atom stereocenters. The Kier molecular flexibility index (Phi) is 8.56. The molecular formula is C62H42N2S. The predicted molar refractivity (Wildman–Crippen MR) is 277 cm³/mol. The molecule has 2 aromatic heterocycles. The van der Waals surface area contributed by atoms with Crippen molar-refractivity contribution in [1.29, 1.82) is 0 Å². The highest BCUT2D eigenvalue weighted by Gasteiger charge is 2.44. The van der Waals surface area contributed by atoms with E-state index in [1.165, 1.54) is 97.7 Å². The third kappa shape index (κ3) is 5.66. The molecule has 11 aromatic rings. The van der Waals surface area contributed by atoms with E-state index in [2.05, 4.69) is 253 Å². The molecule has 3 heteroatoms. The van der Waals surface area contributed by atoms with E-state index < -0.39 is 5.41 Å². The molecule has 0 amide bonds. The van der Waals surface area contributed by atoms with Crippen LogP contribution in [-0.2, 0) is 5.41 Å². The van der Waals surface area contributed by atoms with E-state index in [4.69, 9.17) is 0 Å².